The van der Waals surface area contributed by atoms with Gasteiger partial charge in [-0.3, -0.25) is 0 Å². The highest BCUT2D eigenvalue weighted by Crippen LogP contribution is 2.29. The molecule has 20 heavy (non-hydrogen) atoms. The summed E-state index contributed by atoms with van der Waals surface area (Å²) in [5.41, 5.74) is 6.34. The maximum Gasteiger partial charge on any atom is 0.240 e. The molecule has 0 unspecified atom stereocenters. The van der Waals surface area contributed by atoms with Crippen molar-refractivity contribution >= 4 is 15.7 Å². The molecule has 1 aromatic rings. The molecule has 0 saturated heterocycles. The highest BCUT2D eigenvalue weighted by Gasteiger charge is 2.32. The lowest BCUT2D eigenvalue weighted by molar-refractivity contribution is 0.0532. The predicted molar refractivity (Wildman–Crippen MR) is 78.8 cm³/mol. The topological polar surface area (TPSA) is 92.4 Å². The van der Waals surface area contributed by atoms with Gasteiger partial charge in [-0.2, -0.15) is 0 Å². The van der Waals surface area contributed by atoms with Crippen molar-refractivity contribution in [2.24, 2.45) is 0 Å². The molecule has 1 aliphatic carbocycles. The SMILES string of the molecule is CCc1ccc(S(=O)(=O)NCC2(O)CCCC2)cc1N. The molecule has 5 nitrogen and oxygen atoms in total. The molecule has 0 radical (unpaired) electrons. The molecule has 2 rings (SSSR count). The lowest BCUT2D eigenvalue weighted by Crippen LogP contribution is -2.40. The summed E-state index contributed by atoms with van der Waals surface area (Å²) in [6, 6.07) is 4.75. The van der Waals surface area contributed by atoms with Gasteiger partial charge in [-0.1, -0.05) is 25.8 Å². The van der Waals surface area contributed by atoms with Crippen LogP contribution in [0.4, 0.5) is 5.69 Å². The van der Waals surface area contributed by atoms with Crippen molar-refractivity contribution in [2.45, 2.75) is 49.5 Å². The molecular weight excluding hydrogens is 276 g/mol. The molecule has 0 aliphatic heterocycles. The van der Waals surface area contributed by atoms with Gasteiger partial charge in [-0.25, -0.2) is 13.1 Å². The van der Waals surface area contributed by atoms with E-state index in [1.807, 2.05) is 6.92 Å². The molecule has 1 aromatic carbocycles. The van der Waals surface area contributed by atoms with Crippen LogP contribution < -0.4 is 10.5 Å². The van der Waals surface area contributed by atoms with Gasteiger partial charge in [0.2, 0.25) is 10.0 Å². The van der Waals surface area contributed by atoms with E-state index >= 15 is 0 Å². The average Bonchev–Trinajstić information content (AvgIpc) is 2.84. The van der Waals surface area contributed by atoms with Crippen molar-refractivity contribution in [1.82, 2.24) is 4.72 Å². The molecule has 0 atom stereocenters. The monoisotopic (exact) mass is 298 g/mol. The Labute approximate surface area is 120 Å². The van der Waals surface area contributed by atoms with Crippen molar-refractivity contribution in [3.8, 4) is 0 Å². The highest BCUT2D eigenvalue weighted by molar-refractivity contribution is 7.89. The van der Waals surface area contributed by atoms with Gasteiger partial charge in [0.05, 0.1) is 10.5 Å². The van der Waals surface area contributed by atoms with Crippen molar-refractivity contribution in [1.29, 1.82) is 0 Å². The predicted octanol–water partition coefficient (Wildman–Crippen LogP) is 1.41. The summed E-state index contributed by atoms with van der Waals surface area (Å²) in [5, 5.41) is 10.2. The number of nitrogens with two attached hydrogens (primary N) is 1. The van der Waals surface area contributed by atoms with Crippen LogP contribution >= 0.6 is 0 Å². The number of aliphatic hydroxyl groups is 1. The summed E-state index contributed by atoms with van der Waals surface area (Å²) in [7, 11) is -3.62. The number of benzene rings is 1. The van der Waals surface area contributed by atoms with Crippen LogP contribution in [0.15, 0.2) is 23.1 Å². The van der Waals surface area contributed by atoms with Gasteiger partial charge in [0.1, 0.15) is 0 Å². The van der Waals surface area contributed by atoms with Crippen LogP contribution in [0.5, 0.6) is 0 Å². The van der Waals surface area contributed by atoms with Crippen molar-refractivity contribution in [3.05, 3.63) is 23.8 Å². The molecule has 0 amide bonds. The van der Waals surface area contributed by atoms with Crippen molar-refractivity contribution in [3.63, 3.8) is 0 Å². The maximum atomic E-state index is 12.2. The Morgan fingerprint density at radius 3 is 2.55 bits per heavy atom. The van der Waals surface area contributed by atoms with E-state index in [9.17, 15) is 13.5 Å². The highest BCUT2D eigenvalue weighted by atomic mass is 32.2. The third-order valence-electron chi connectivity index (χ3n) is 3.93. The minimum Gasteiger partial charge on any atom is -0.398 e. The first kappa shape index (κ1) is 15.3. The molecule has 4 N–H and O–H groups in total. The second-order valence-electron chi connectivity index (χ2n) is 5.47. The van der Waals surface area contributed by atoms with Gasteiger partial charge >= 0.3 is 0 Å². The summed E-state index contributed by atoms with van der Waals surface area (Å²) in [5.74, 6) is 0. The van der Waals surface area contributed by atoms with Crippen LogP contribution in [0.3, 0.4) is 0 Å². The van der Waals surface area contributed by atoms with Gasteiger partial charge in [0.25, 0.3) is 0 Å². The van der Waals surface area contributed by atoms with Gasteiger partial charge in [0, 0.05) is 12.2 Å². The fourth-order valence-electron chi connectivity index (χ4n) is 2.58. The van der Waals surface area contributed by atoms with Gasteiger partial charge in [0.15, 0.2) is 0 Å². The van der Waals surface area contributed by atoms with E-state index in [1.165, 1.54) is 6.07 Å². The summed E-state index contributed by atoms with van der Waals surface area (Å²) >= 11 is 0. The minimum absolute atomic E-state index is 0.0603. The molecule has 0 bridgehead atoms. The number of sulfonamides is 1. The molecule has 0 spiro atoms. The summed E-state index contributed by atoms with van der Waals surface area (Å²) in [6.45, 7) is 2.03. The molecule has 0 heterocycles. The van der Waals surface area contributed by atoms with Gasteiger partial charge < -0.3 is 10.8 Å². The van der Waals surface area contributed by atoms with Crippen LogP contribution in [0.25, 0.3) is 0 Å². The Balaban J connectivity index is 2.12. The smallest absolute Gasteiger partial charge is 0.240 e. The van der Waals surface area contributed by atoms with Crippen LogP contribution in [0.1, 0.15) is 38.2 Å². The van der Waals surface area contributed by atoms with Gasteiger partial charge in [-0.05, 0) is 37.0 Å². The molecule has 112 valence electrons. The first-order valence-electron chi connectivity index (χ1n) is 6.97. The van der Waals surface area contributed by atoms with E-state index < -0.39 is 15.6 Å². The molecule has 1 fully saturated rings. The van der Waals surface area contributed by atoms with E-state index in [4.69, 9.17) is 5.73 Å². The van der Waals surface area contributed by atoms with Crippen LogP contribution in [-0.2, 0) is 16.4 Å². The van der Waals surface area contributed by atoms with E-state index in [-0.39, 0.29) is 11.4 Å². The number of rotatable bonds is 5. The van der Waals surface area contributed by atoms with Gasteiger partial charge in [-0.15, -0.1) is 0 Å². The lowest BCUT2D eigenvalue weighted by Gasteiger charge is -2.22. The Morgan fingerprint density at radius 2 is 2.00 bits per heavy atom. The molecular formula is C14H22N2O3S. The van der Waals surface area contributed by atoms with Crippen molar-refractivity contribution < 1.29 is 13.5 Å². The van der Waals surface area contributed by atoms with E-state index in [0.29, 0.717) is 18.5 Å². The zero-order chi connectivity index (χ0) is 14.8. The zero-order valence-electron chi connectivity index (χ0n) is 11.7. The van der Waals surface area contributed by atoms with Crippen LogP contribution in [-0.4, -0.2) is 25.7 Å². The number of aryl methyl sites for hydroxylation is 1. The fraction of sp³-hybridized carbons (Fsp3) is 0.571. The summed E-state index contributed by atoms with van der Waals surface area (Å²) in [6.07, 6.45) is 3.94. The van der Waals surface area contributed by atoms with Crippen LogP contribution in [0, 0.1) is 0 Å². The third-order valence-corrected chi connectivity index (χ3v) is 5.33. The van der Waals surface area contributed by atoms with Crippen LogP contribution in [0.2, 0.25) is 0 Å². The Bertz CT molecular complexity index is 578. The molecule has 0 aromatic heterocycles. The molecule has 1 aliphatic rings. The zero-order valence-corrected chi connectivity index (χ0v) is 12.5. The fourth-order valence-corrected chi connectivity index (χ4v) is 3.74. The number of anilines is 1. The second kappa shape index (κ2) is 5.71. The van der Waals surface area contributed by atoms with E-state index in [2.05, 4.69) is 4.72 Å². The standard InChI is InChI=1S/C14H22N2O3S/c1-2-11-5-6-12(9-13(11)15)20(18,19)16-10-14(17)7-3-4-8-14/h5-6,9,16-17H,2-4,7-8,10,15H2,1H3. The normalized spacial score (nSPS) is 18.3. The quantitative estimate of drug-likeness (QED) is 0.717. The molecule has 6 heteroatoms. The van der Waals surface area contributed by atoms with E-state index in [1.54, 1.807) is 12.1 Å². The number of hydrogen-bond acceptors (Lipinski definition) is 4. The second-order valence-corrected chi connectivity index (χ2v) is 7.24. The Morgan fingerprint density at radius 1 is 1.35 bits per heavy atom. The first-order valence-corrected chi connectivity index (χ1v) is 8.45. The number of nitrogen functional groups attached to an aromatic ring is 1. The first-order chi connectivity index (χ1) is 9.36. The number of hydrogen-bond donors (Lipinski definition) is 3. The van der Waals surface area contributed by atoms with Crippen molar-refractivity contribution in [2.75, 3.05) is 12.3 Å². The Kier molecular flexibility index (Phi) is 4.36. The van der Waals surface area contributed by atoms with E-state index in [0.717, 1.165) is 24.8 Å². The minimum atomic E-state index is -3.62. The Hall–Kier alpha value is -1.11. The lowest BCUT2D eigenvalue weighted by atomic mass is 10.0. The number of nitrogens with one attached hydrogen (secondary N) is 1. The third kappa shape index (κ3) is 3.31. The average molecular weight is 298 g/mol. The maximum absolute atomic E-state index is 12.2. The largest absolute Gasteiger partial charge is 0.398 e. The molecule has 1 saturated carbocycles. The summed E-state index contributed by atoms with van der Waals surface area (Å²) < 4.78 is 26.9. The summed E-state index contributed by atoms with van der Waals surface area (Å²) in [4.78, 5) is 0.147.